The minimum atomic E-state index is 0.327. The molecule has 37 heavy (non-hydrogen) atoms. The van der Waals surface area contributed by atoms with Gasteiger partial charge in [0, 0.05) is 19.0 Å². The van der Waals surface area contributed by atoms with Gasteiger partial charge >= 0.3 is 0 Å². The summed E-state index contributed by atoms with van der Waals surface area (Å²) in [5.41, 5.74) is 2.11. The quantitative estimate of drug-likeness (QED) is 0.255. The lowest BCUT2D eigenvalue weighted by atomic mass is 9.89. The number of nitrogens with zero attached hydrogens (tertiary/aromatic N) is 3. The van der Waals surface area contributed by atoms with E-state index in [2.05, 4.69) is 41.1 Å². The van der Waals surface area contributed by atoms with Gasteiger partial charge in [-0.3, -0.25) is 0 Å². The Balaban J connectivity index is 0.999. The van der Waals surface area contributed by atoms with Crippen LogP contribution in [0.2, 0.25) is 0 Å². The molecule has 0 amide bonds. The number of piperidine rings is 1. The summed E-state index contributed by atoms with van der Waals surface area (Å²) in [6.07, 6.45) is 4.04. The van der Waals surface area contributed by atoms with Gasteiger partial charge < -0.3 is 27.9 Å². The number of furan rings is 1. The van der Waals surface area contributed by atoms with E-state index in [1.54, 1.807) is 0 Å². The third kappa shape index (κ3) is 5.30. The first-order chi connectivity index (χ1) is 18.1. The minimum absolute atomic E-state index is 0.327. The van der Waals surface area contributed by atoms with Crippen molar-refractivity contribution >= 4 is 11.0 Å². The van der Waals surface area contributed by atoms with E-state index in [0.29, 0.717) is 42.8 Å². The first-order valence-electron chi connectivity index (χ1n) is 13.2. The number of fused-ring (bicyclic) bond motifs is 2. The highest BCUT2D eigenvalue weighted by molar-refractivity contribution is 5.87. The van der Waals surface area contributed by atoms with Crippen LogP contribution in [0.4, 0.5) is 0 Å². The Hall–Kier alpha value is -3.52. The Morgan fingerprint density at radius 3 is 2.73 bits per heavy atom. The Bertz CT molecular complexity index is 1350. The second-order valence-electron chi connectivity index (χ2n) is 10.3. The molecule has 0 aliphatic carbocycles. The molecule has 4 heterocycles. The topological polar surface area (TPSA) is 83.0 Å². The van der Waals surface area contributed by atoms with Crippen LogP contribution in [0.25, 0.3) is 22.6 Å². The van der Waals surface area contributed by atoms with E-state index in [0.717, 1.165) is 73.5 Å². The molecule has 0 saturated carbocycles. The van der Waals surface area contributed by atoms with Crippen LogP contribution in [0.3, 0.4) is 0 Å². The number of hydrogen-bond donors (Lipinski definition) is 0. The fraction of sp³-hybridized carbons (Fsp3) is 0.448. The Kier molecular flexibility index (Phi) is 6.74. The van der Waals surface area contributed by atoms with Crippen LogP contribution in [0.1, 0.15) is 50.5 Å². The summed E-state index contributed by atoms with van der Waals surface area (Å²) in [7, 11) is 0. The van der Waals surface area contributed by atoms with Crippen molar-refractivity contribution in [1.29, 1.82) is 0 Å². The van der Waals surface area contributed by atoms with Crippen molar-refractivity contribution in [3.63, 3.8) is 0 Å². The van der Waals surface area contributed by atoms with Crippen LogP contribution in [-0.2, 0) is 6.42 Å². The maximum Gasteiger partial charge on any atom is 0.283 e. The third-order valence-electron chi connectivity index (χ3n) is 7.11. The van der Waals surface area contributed by atoms with Crippen LogP contribution in [-0.4, -0.2) is 48.1 Å². The SMILES string of the molecule is CC(C)Cc1nnc(-c2cc3c(OCCCN4CCC(c5ccc6c(c5)OCO6)CC4)cccc3o2)o1. The molecule has 0 unspecified atom stereocenters. The number of hydrogen-bond acceptors (Lipinski definition) is 8. The Labute approximate surface area is 216 Å². The van der Waals surface area contributed by atoms with Gasteiger partial charge in [-0.15, -0.1) is 10.2 Å². The molecule has 2 aliphatic rings. The molecule has 0 radical (unpaired) electrons. The normalized spacial score (nSPS) is 16.2. The lowest BCUT2D eigenvalue weighted by Crippen LogP contribution is -2.34. The largest absolute Gasteiger partial charge is 0.493 e. The van der Waals surface area contributed by atoms with Crippen LogP contribution >= 0.6 is 0 Å². The Morgan fingerprint density at radius 2 is 1.86 bits per heavy atom. The standard InChI is InChI=1S/C29H33N3O5/c1-19(2)15-28-30-31-29(37-28)27-17-22-23(5-3-6-24(22)36-27)33-14-4-11-32-12-9-20(10-13-32)21-7-8-25-26(16-21)35-18-34-25/h3,5-8,16-17,19-20H,4,9-15,18H2,1-2H3. The average molecular weight is 504 g/mol. The van der Waals surface area contributed by atoms with E-state index in [1.165, 1.54) is 5.56 Å². The van der Waals surface area contributed by atoms with Crippen molar-refractivity contribution in [3.05, 3.63) is 53.9 Å². The summed E-state index contributed by atoms with van der Waals surface area (Å²) in [6, 6.07) is 14.2. The fourth-order valence-electron chi connectivity index (χ4n) is 5.18. The molecule has 194 valence electrons. The molecule has 4 aromatic rings. The molecule has 2 aromatic heterocycles. The Morgan fingerprint density at radius 1 is 1.00 bits per heavy atom. The van der Waals surface area contributed by atoms with Crippen LogP contribution in [0, 0.1) is 5.92 Å². The van der Waals surface area contributed by atoms with Gasteiger partial charge in [-0.05, 0) is 74.0 Å². The summed E-state index contributed by atoms with van der Waals surface area (Å²) in [6.45, 7) is 8.45. The van der Waals surface area contributed by atoms with Gasteiger partial charge in [-0.25, -0.2) is 0 Å². The van der Waals surface area contributed by atoms with E-state index < -0.39 is 0 Å². The van der Waals surface area contributed by atoms with Crippen LogP contribution in [0.15, 0.2) is 51.3 Å². The summed E-state index contributed by atoms with van der Waals surface area (Å²) < 4.78 is 29.0. The number of ether oxygens (including phenoxy) is 3. The maximum absolute atomic E-state index is 6.17. The fourth-order valence-corrected chi connectivity index (χ4v) is 5.18. The zero-order valence-electron chi connectivity index (χ0n) is 21.4. The van der Waals surface area contributed by atoms with E-state index in [9.17, 15) is 0 Å². The molecule has 6 rings (SSSR count). The molecule has 8 nitrogen and oxygen atoms in total. The van der Waals surface area contributed by atoms with Gasteiger partial charge in [-0.1, -0.05) is 26.0 Å². The van der Waals surface area contributed by atoms with E-state index >= 15 is 0 Å². The van der Waals surface area contributed by atoms with Gasteiger partial charge in [0.1, 0.15) is 11.3 Å². The summed E-state index contributed by atoms with van der Waals surface area (Å²) in [5.74, 6) is 5.18. The molecule has 0 atom stereocenters. The van der Waals surface area contributed by atoms with Crippen molar-refractivity contribution in [2.75, 3.05) is 33.0 Å². The zero-order valence-corrected chi connectivity index (χ0v) is 21.4. The van der Waals surface area contributed by atoms with Gasteiger partial charge in [0.2, 0.25) is 12.7 Å². The first kappa shape index (κ1) is 23.9. The number of likely N-dealkylation sites (tertiary alicyclic amines) is 1. The van der Waals surface area contributed by atoms with E-state index in [1.807, 2.05) is 30.3 Å². The highest BCUT2D eigenvalue weighted by Crippen LogP contribution is 2.37. The lowest BCUT2D eigenvalue weighted by Gasteiger charge is -2.32. The van der Waals surface area contributed by atoms with Gasteiger partial charge in [0.15, 0.2) is 17.3 Å². The smallest absolute Gasteiger partial charge is 0.283 e. The van der Waals surface area contributed by atoms with Crippen molar-refractivity contribution in [1.82, 2.24) is 15.1 Å². The summed E-state index contributed by atoms with van der Waals surface area (Å²) in [4.78, 5) is 2.54. The highest BCUT2D eigenvalue weighted by Gasteiger charge is 2.23. The molecular formula is C29H33N3O5. The zero-order chi connectivity index (χ0) is 25.2. The maximum atomic E-state index is 6.17. The predicted octanol–water partition coefficient (Wildman–Crippen LogP) is 6.06. The molecule has 8 heteroatoms. The lowest BCUT2D eigenvalue weighted by molar-refractivity contribution is 0.173. The number of benzene rings is 2. The van der Waals surface area contributed by atoms with Crippen LogP contribution < -0.4 is 14.2 Å². The van der Waals surface area contributed by atoms with Crippen molar-refractivity contribution in [3.8, 4) is 28.9 Å². The molecule has 0 spiro atoms. The van der Waals surface area contributed by atoms with Crippen molar-refractivity contribution in [2.45, 2.75) is 45.4 Å². The minimum Gasteiger partial charge on any atom is -0.493 e. The van der Waals surface area contributed by atoms with Crippen molar-refractivity contribution in [2.24, 2.45) is 5.92 Å². The van der Waals surface area contributed by atoms with Gasteiger partial charge in [-0.2, -0.15) is 0 Å². The van der Waals surface area contributed by atoms with Crippen LogP contribution in [0.5, 0.6) is 17.2 Å². The molecule has 0 N–H and O–H groups in total. The molecule has 1 fully saturated rings. The van der Waals surface area contributed by atoms with E-state index in [-0.39, 0.29) is 0 Å². The van der Waals surface area contributed by atoms with Gasteiger partial charge in [0.05, 0.1) is 12.0 Å². The summed E-state index contributed by atoms with van der Waals surface area (Å²) >= 11 is 0. The number of aromatic nitrogens is 2. The molecule has 2 aromatic carbocycles. The molecular weight excluding hydrogens is 470 g/mol. The second kappa shape index (κ2) is 10.5. The molecule has 2 aliphatic heterocycles. The predicted molar refractivity (Wildman–Crippen MR) is 139 cm³/mol. The molecule has 0 bridgehead atoms. The number of rotatable bonds is 9. The van der Waals surface area contributed by atoms with E-state index in [4.69, 9.17) is 23.0 Å². The second-order valence-corrected chi connectivity index (χ2v) is 10.3. The average Bonchev–Trinajstić information content (AvgIpc) is 3.65. The molecule has 1 saturated heterocycles. The first-order valence-corrected chi connectivity index (χ1v) is 13.2. The highest BCUT2D eigenvalue weighted by atomic mass is 16.7. The summed E-state index contributed by atoms with van der Waals surface area (Å²) in [5, 5.41) is 9.23. The van der Waals surface area contributed by atoms with Gasteiger partial charge in [0.25, 0.3) is 5.89 Å². The van der Waals surface area contributed by atoms with Crippen molar-refractivity contribution < 1.29 is 23.0 Å². The monoisotopic (exact) mass is 503 g/mol. The third-order valence-corrected chi connectivity index (χ3v) is 7.11.